The zero-order chi connectivity index (χ0) is 17.2. The van der Waals surface area contributed by atoms with E-state index < -0.39 is 0 Å². The van der Waals surface area contributed by atoms with Gasteiger partial charge in [0, 0.05) is 51.6 Å². The summed E-state index contributed by atoms with van der Waals surface area (Å²) in [5.74, 6) is 0.818. The van der Waals surface area contributed by atoms with E-state index in [2.05, 4.69) is 56.8 Å². The average molecular weight is 331 g/mol. The third-order valence-corrected chi connectivity index (χ3v) is 3.93. The Morgan fingerprint density at radius 3 is 2.83 bits per heavy atom. The maximum absolute atomic E-state index is 5.07. The first-order valence-electron chi connectivity index (χ1n) is 8.41. The minimum absolute atomic E-state index is 0.720. The number of ether oxygens (including phenoxy) is 1. The molecule has 0 bridgehead atoms. The first-order chi connectivity index (χ1) is 11.7. The standard InChI is InChI=1S/C18H29N5O/c1-19-18(20-9-11-23(2)10-6-12-24-3)21-14-16-13-15-7-4-5-8-17(15)22-16/h4-5,7-8,13,22H,6,9-12,14H2,1-3H3,(H2,19,20,21). The minimum Gasteiger partial charge on any atom is -0.385 e. The summed E-state index contributed by atoms with van der Waals surface area (Å²) in [5.41, 5.74) is 2.31. The van der Waals surface area contributed by atoms with Crippen LogP contribution in [0.25, 0.3) is 10.9 Å². The molecule has 0 aliphatic heterocycles. The average Bonchev–Trinajstić information content (AvgIpc) is 3.01. The van der Waals surface area contributed by atoms with E-state index in [0.717, 1.165) is 56.4 Å². The molecule has 1 heterocycles. The molecule has 0 atom stereocenters. The van der Waals surface area contributed by atoms with Gasteiger partial charge in [0.15, 0.2) is 5.96 Å². The third kappa shape index (κ3) is 5.86. The Hall–Kier alpha value is -2.05. The molecule has 0 saturated heterocycles. The second-order valence-electron chi connectivity index (χ2n) is 5.88. The summed E-state index contributed by atoms with van der Waals surface area (Å²) >= 11 is 0. The van der Waals surface area contributed by atoms with Gasteiger partial charge in [0.2, 0.25) is 0 Å². The molecule has 0 aliphatic rings. The summed E-state index contributed by atoms with van der Waals surface area (Å²) in [4.78, 5) is 9.97. The fourth-order valence-electron chi connectivity index (χ4n) is 2.58. The van der Waals surface area contributed by atoms with E-state index in [4.69, 9.17) is 4.74 Å². The Morgan fingerprint density at radius 1 is 1.25 bits per heavy atom. The minimum atomic E-state index is 0.720. The van der Waals surface area contributed by atoms with Gasteiger partial charge in [0.05, 0.1) is 6.54 Å². The number of aromatic nitrogens is 1. The number of para-hydroxylation sites is 1. The van der Waals surface area contributed by atoms with Crippen molar-refractivity contribution in [1.82, 2.24) is 20.5 Å². The quantitative estimate of drug-likeness (QED) is 0.372. The van der Waals surface area contributed by atoms with Gasteiger partial charge in [-0.25, -0.2) is 0 Å². The van der Waals surface area contributed by atoms with Gasteiger partial charge in [0.25, 0.3) is 0 Å². The molecule has 0 spiro atoms. The zero-order valence-electron chi connectivity index (χ0n) is 14.9. The van der Waals surface area contributed by atoms with Crippen LogP contribution >= 0.6 is 0 Å². The highest BCUT2D eigenvalue weighted by Crippen LogP contribution is 2.14. The van der Waals surface area contributed by atoms with Crippen LogP contribution in [0.2, 0.25) is 0 Å². The van der Waals surface area contributed by atoms with Crippen molar-refractivity contribution in [2.45, 2.75) is 13.0 Å². The van der Waals surface area contributed by atoms with Crippen LogP contribution in [0.3, 0.4) is 0 Å². The third-order valence-electron chi connectivity index (χ3n) is 3.93. The molecule has 132 valence electrons. The predicted octanol–water partition coefficient (Wildman–Crippen LogP) is 1.80. The first kappa shape index (κ1) is 18.3. The van der Waals surface area contributed by atoms with Crippen LogP contribution < -0.4 is 10.6 Å². The van der Waals surface area contributed by atoms with Gasteiger partial charge >= 0.3 is 0 Å². The SMILES string of the molecule is CN=C(NCCN(C)CCCOC)NCc1cc2ccccc2[nH]1. The highest BCUT2D eigenvalue weighted by atomic mass is 16.5. The number of aliphatic imine (C=N–C) groups is 1. The molecule has 6 nitrogen and oxygen atoms in total. The Balaban J connectivity index is 1.70. The lowest BCUT2D eigenvalue weighted by molar-refractivity contribution is 0.180. The Kier molecular flexibility index (Phi) is 7.58. The van der Waals surface area contributed by atoms with Crippen molar-refractivity contribution in [3.05, 3.63) is 36.0 Å². The summed E-state index contributed by atoms with van der Waals surface area (Å²) in [6.45, 7) is 4.40. The molecular formula is C18H29N5O. The van der Waals surface area contributed by atoms with Crippen molar-refractivity contribution in [2.24, 2.45) is 4.99 Å². The Morgan fingerprint density at radius 2 is 2.08 bits per heavy atom. The number of fused-ring (bicyclic) bond motifs is 1. The van der Waals surface area contributed by atoms with E-state index in [1.165, 1.54) is 5.39 Å². The fourth-order valence-corrected chi connectivity index (χ4v) is 2.58. The van der Waals surface area contributed by atoms with Gasteiger partial charge in [-0.1, -0.05) is 18.2 Å². The highest BCUT2D eigenvalue weighted by Gasteiger charge is 2.03. The number of methoxy groups -OCH3 is 1. The van der Waals surface area contributed by atoms with E-state index >= 15 is 0 Å². The van der Waals surface area contributed by atoms with Crippen molar-refractivity contribution < 1.29 is 4.74 Å². The van der Waals surface area contributed by atoms with E-state index in [1.54, 1.807) is 14.2 Å². The van der Waals surface area contributed by atoms with Gasteiger partial charge in [-0.2, -0.15) is 0 Å². The van der Waals surface area contributed by atoms with Crippen LogP contribution in [-0.4, -0.2) is 63.3 Å². The largest absolute Gasteiger partial charge is 0.385 e. The van der Waals surface area contributed by atoms with Crippen LogP contribution in [0.15, 0.2) is 35.3 Å². The number of H-pyrrole nitrogens is 1. The van der Waals surface area contributed by atoms with Crippen molar-refractivity contribution in [3.8, 4) is 0 Å². The Labute approximate surface area is 144 Å². The van der Waals surface area contributed by atoms with Crippen molar-refractivity contribution in [2.75, 3.05) is 47.4 Å². The topological polar surface area (TPSA) is 64.7 Å². The summed E-state index contributed by atoms with van der Waals surface area (Å²) < 4.78 is 5.07. The number of nitrogens with one attached hydrogen (secondary N) is 3. The number of hydrogen-bond acceptors (Lipinski definition) is 3. The molecule has 24 heavy (non-hydrogen) atoms. The number of nitrogens with zero attached hydrogens (tertiary/aromatic N) is 2. The molecule has 3 N–H and O–H groups in total. The molecule has 2 aromatic rings. The van der Waals surface area contributed by atoms with Gasteiger partial charge in [0.1, 0.15) is 0 Å². The molecule has 0 fully saturated rings. The number of benzene rings is 1. The number of likely N-dealkylation sites (N-methyl/N-ethyl adjacent to an activating group) is 1. The van der Waals surface area contributed by atoms with Gasteiger partial charge < -0.3 is 25.3 Å². The molecule has 0 aliphatic carbocycles. The molecule has 0 amide bonds. The van der Waals surface area contributed by atoms with Crippen molar-refractivity contribution in [1.29, 1.82) is 0 Å². The lowest BCUT2D eigenvalue weighted by atomic mass is 10.2. The molecule has 1 aromatic carbocycles. The summed E-state index contributed by atoms with van der Waals surface area (Å²) in [7, 11) is 5.66. The van der Waals surface area contributed by atoms with E-state index in [1.807, 2.05) is 6.07 Å². The number of guanidine groups is 1. The fraction of sp³-hybridized carbons (Fsp3) is 0.500. The van der Waals surface area contributed by atoms with Crippen LogP contribution in [0.1, 0.15) is 12.1 Å². The summed E-state index contributed by atoms with van der Waals surface area (Å²) in [6, 6.07) is 10.5. The Bertz CT molecular complexity index is 604. The molecular weight excluding hydrogens is 302 g/mol. The first-order valence-corrected chi connectivity index (χ1v) is 8.41. The van der Waals surface area contributed by atoms with Gasteiger partial charge in [-0.05, 0) is 31.0 Å². The monoisotopic (exact) mass is 331 g/mol. The zero-order valence-corrected chi connectivity index (χ0v) is 14.9. The smallest absolute Gasteiger partial charge is 0.191 e. The lowest BCUT2D eigenvalue weighted by Gasteiger charge is -2.18. The molecule has 0 saturated carbocycles. The van der Waals surface area contributed by atoms with E-state index in [-0.39, 0.29) is 0 Å². The van der Waals surface area contributed by atoms with Crippen LogP contribution in [0.5, 0.6) is 0 Å². The summed E-state index contributed by atoms with van der Waals surface area (Å²) in [6.07, 6.45) is 1.06. The maximum Gasteiger partial charge on any atom is 0.191 e. The van der Waals surface area contributed by atoms with Crippen molar-refractivity contribution in [3.63, 3.8) is 0 Å². The molecule has 0 radical (unpaired) electrons. The van der Waals surface area contributed by atoms with Gasteiger partial charge in [-0.3, -0.25) is 4.99 Å². The van der Waals surface area contributed by atoms with Crippen LogP contribution in [-0.2, 0) is 11.3 Å². The molecule has 1 aromatic heterocycles. The number of aromatic amines is 1. The van der Waals surface area contributed by atoms with Crippen LogP contribution in [0.4, 0.5) is 0 Å². The second-order valence-corrected chi connectivity index (χ2v) is 5.88. The second kappa shape index (κ2) is 9.95. The maximum atomic E-state index is 5.07. The molecule has 2 rings (SSSR count). The predicted molar refractivity (Wildman–Crippen MR) is 100 cm³/mol. The highest BCUT2D eigenvalue weighted by molar-refractivity contribution is 5.81. The molecule has 6 heteroatoms. The number of rotatable bonds is 9. The van der Waals surface area contributed by atoms with E-state index in [9.17, 15) is 0 Å². The normalized spacial score (nSPS) is 12.1. The van der Waals surface area contributed by atoms with Crippen LogP contribution in [0, 0.1) is 0 Å². The number of hydrogen-bond donors (Lipinski definition) is 3. The van der Waals surface area contributed by atoms with Crippen molar-refractivity contribution >= 4 is 16.9 Å². The molecule has 0 unspecified atom stereocenters. The van der Waals surface area contributed by atoms with Gasteiger partial charge in [-0.15, -0.1) is 0 Å². The van der Waals surface area contributed by atoms with E-state index in [0.29, 0.717) is 0 Å². The lowest BCUT2D eigenvalue weighted by Crippen LogP contribution is -2.40. The summed E-state index contributed by atoms with van der Waals surface area (Å²) in [5, 5.41) is 7.92.